The maximum Gasteiger partial charge on any atom is 0.318 e. The van der Waals surface area contributed by atoms with E-state index in [-0.39, 0.29) is 29.4 Å². The Labute approximate surface area is 194 Å². The molecule has 0 aromatic heterocycles. The summed E-state index contributed by atoms with van der Waals surface area (Å²) in [4.78, 5) is 33.0. The van der Waals surface area contributed by atoms with Gasteiger partial charge in [-0.25, -0.2) is 0 Å². The van der Waals surface area contributed by atoms with E-state index < -0.39 is 27.1 Å². The largest absolute Gasteiger partial charge is 0.490 e. The lowest BCUT2D eigenvalue weighted by molar-refractivity contribution is -0.394. The van der Waals surface area contributed by atoms with Crippen molar-refractivity contribution in [2.24, 2.45) is 0 Å². The monoisotopic (exact) mass is 470 g/mol. The zero-order valence-corrected chi connectivity index (χ0v) is 18.5. The van der Waals surface area contributed by atoms with E-state index in [1.807, 2.05) is 6.07 Å². The van der Waals surface area contributed by atoms with Crippen LogP contribution in [0.2, 0.25) is 0 Å². The second kappa shape index (κ2) is 12.5. The predicted molar refractivity (Wildman–Crippen MR) is 121 cm³/mol. The number of ether oxygens (including phenoxy) is 3. The van der Waals surface area contributed by atoms with Crippen LogP contribution in [0.1, 0.15) is 18.9 Å². The SMILES string of the molecule is CCOc1cc(/C=C(\C#N)C(=O)NCCCOC)ccc1Oc1ccc([N+](=O)[O-])cc1[N+](=O)[O-]. The Hall–Kier alpha value is -4.50. The molecule has 1 amide bonds. The summed E-state index contributed by atoms with van der Waals surface area (Å²) in [7, 11) is 1.55. The maximum atomic E-state index is 12.2. The number of non-ortho nitro benzene ring substituents is 1. The molecule has 1 N–H and O–H groups in total. The van der Waals surface area contributed by atoms with Crippen LogP contribution in [-0.4, -0.2) is 42.6 Å². The summed E-state index contributed by atoms with van der Waals surface area (Å²) in [6.45, 7) is 2.76. The number of nitrogens with one attached hydrogen (secondary N) is 1. The molecule has 12 heteroatoms. The summed E-state index contributed by atoms with van der Waals surface area (Å²) in [5.74, 6) is -0.452. The van der Waals surface area contributed by atoms with Crippen LogP contribution < -0.4 is 14.8 Å². The highest BCUT2D eigenvalue weighted by atomic mass is 16.6. The molecular weight excluding hydrogens is 448 g/mol. The van der Waals surface area contributed by atoms with Crippen LogP contribution in [-0.2, 0) is 9.53 Å². The van der Waals surface area contributed by atoms with Gasteiger partial charge in [0.05, 0.1) is 22.5 Å². The molecule has 178 valence electrons. The Morgan fingerprint density at radius 2 is 1.85 bits per heavy atom. The quantitative estimate of drug-likeness (QED) is 0.160. The van der Waals surface area contributed by atoms with E-state index >= 15 is 0 Å². The molecule has 0 radical (unpaired) electrons. The van der Waals surface area contributed by atoms with Gasteiger partial charge in [-0.15, -0.1) is 0 Å². The third-order valence-corrected chi connectivity index (χ3v) is 4.32. The van der Waals surface area contributed by atoms with Crippen LogP contribution in [0.3, 0.4) is 0 Å². The average molecular weight is 470 g/mol. The molecule has 12 nitrogen and oxygen atoms in total. The lowest BCUT2D eigenvalue weighted by atomic mass is 10.1. The number of carbonyl (C=O) groups is 1. The average Bonchev–Trinajstić information content (AvgIpc) is 2.81. The molecule has 0 unspecified atom stereocenters. The molecule has 34 heavy (non-hydrogen) atoms. The first-order valence-corrected chi connectivity index (χ1v) is 10.1. The van der Waals surface area contributed by atoms with Crippen molar-refractivity contribution in [3.8, 4) is 23.3 Å². The number of carbonyl (C=O) groups excluding carboxylic acids is 1. The van der Waals surface area contributed by atoms with Gasteiger partial charge in [0.2, 0.25) is 5.75 Å². The Bertz CT molecular complexity index is 1140. The number of hydrogen-bond donors (Lipinski definition) is 1. The summed E-state index contributed by atoms with van der Waals surface area (Å²) in [5, 5.41) is 34.3. The number of hydrogen-bond acceptors (Lipinski definition) is 9. The van der Waals surface area contributed by atoms with Crippen molar-refractivity contribution in [3.63, 3.8) is 0 Å². The first kappa shape index (κ1) is 25.8. The van der Waals surface area contributed by atoms with Gasteiger partial charge in [0, 0.05) is 26.3 Å². The van der Waals surface area contributed by atoms with E-state index in [1.165, 1.54) is 24.3 Å². The van der Waals surface area contributed by atoms with E-state index in [9.17, 15) is 30.3 Å². The molecule has 0 heterocycles. The van der Waals surface area contributed by atoms with Crippen molar-refractivity contribution >= 4 is 23.4 Å². The minimum absolute atomic E-state index is 0.110. The van der Waals surface area contributed by atoms with Crippen molar-refractivity contribution in [3.05, 3.63) is 67.8 Å². The lowest BCUT2D eigenvalue weighted by Gasteiger charge is -2.12. The fourth-order valence-corrected chi connectivity index (χ4v) is 2.76. The Balaban J connectivity index is 2.33. The summed E-state index contributed by atoms with van der Waals surface area (Å²) >= 11 is 0. The minimum atomic E-state index is -0.787. The summed E-state index contributed by atoms with van der Waals surface area (Å²) in [5.41, 5.74) is -0.705. The van der Waals surface area contributed by atoms with E-state index in [1.54, 1.807) is 14.0 Å². The Morgan fingerprint density at radius 3 is 2.47 bits per heavy atom. The summed E-state index contributed by atoms with van der Waals surface area (Å²) in [6, 6.07) is 9.35. The Morgan fingerprint density at radius 1 is 1.12 bits per heavy atom. The van der Waals surface area contributed by atoms with Crippen molar-refractivity contribution in [2.75, 3.05) is 26.9 Å². The van der Waals surface area contributed by atoms with Crippen LogP contribution in [0.25, 0.3) is 6.08 Å². The third-order valence-electron chi connectivity index (χ3n) is 4.32. The van der Waals surface area contributed by atoms with Gasteiger partial charge in [-0.05, 0) is 43.2 Å². The zero-order valence-electron chi connectivity index (χ0n) is 18.5. The molecule has 0 aliphatic carbocycles. The second-order valence-electron chi connectivity index (χ2n) is 6.68. The zero-order chi connectivity index (χ0) is 25.1. The number of rotatable bonds is 12. The maximum absolute atomic E-state index is 12.2. The third kappa shape index (κ3) is 7.01. The summed E-state index contributed by atoms with van der Waals surface area (Å²) in [6.07, 6.45) is 1.96. The van der Waals surface area contributed by atoms with Crippen LogP contribution in [0.15, 0.2) is 42.0 Å². The second-order valence-corrected chi connectivity index (χ2v) is 6.68. The standard InChI is InChI=1S/C22H22N4O8/c1-3-33-21-12-15(11-16(14-23)22(27)24-9-4-10-32-2)5-7-20(21)34-19-8-6-17(25(28)29)13-18(19)26(30)31/h5-8,11-13H,3-4,9-10H2,1-2H3,(H,24,27)/b16-11+. The van der Waals surface area contributed by atoms with Gasteiger partial charge in [0.1, 0.15) is 11.6 Å². The number of nitrogens with zero attached hydrogens (tertiary/aromatic N) is 3. The molecule has 2 aromatic rings. The van der Waals surface area contributed by atoms with Gasteiger partial charge in [-0.3, -0.25) is 25.0 Å². The van der Waals surface area contributed by atoms with Gasteiger partial charge in [0.15, 0.2) is 11.5 Å². The number of nitriles is 1. The molecule has 0 saturated carbocycles. The van der Waals surface area contributed by atoms with Crippen LogP contribution >= 0.6 is 0 Å². The van der Waals surface area contributed by atoms with Crippen LogP contribution in [0, 0.1) is 31.6 Å². The van der Waals surface area contributed by atoms with Crippen LogP contribution in [0.5, 0.6) is 17.2 Å². The molecule has 0 spiro atoms. The number of methoxy groups -OCH3 is 1. The van der Waals surface area contributed by atoms with Crippen molar-refractivity contribution in [1.82, 2.24) is 5.32 Å². The molecule has 0 bridgehead atoms. The van der Waals surface area contributed by atoms with Crippen molar-refractivity contribution < 1.29 is 28.9 Å². The highest BCUT2D eigenvalue weighted by Gasteiger charge is 2.22. The molecule has 0 atom stereocenters. The molecule has 2 rings (SSSR count). The van der Waals surface area contributed by atoms with E-state index in [0.29, 0.717) is 25.1 Å². The number of benzene rings is 2. The summed E-state index contributed by atoms with van der Waals surface area (Å²) < 4.78 is 16.1. The first-order valence-electron chi connectivity index (χ1n) is 10.1. The fraction of sp³-hybridized carbons (Fsp3) is 0.273. The smallest absolute Gasteiger partial charge is 0.318 e. The molecule has 0 aliphatic rings. The van der Waals surface area contributed by atoms with Crippen molar-refractivity contribution in [1.29, 1.82) is 5.26 Å². The molecule has 2 aromatic carbocycles. The number of nitro groups is 2. The van der Waals surface area contributed by atoms with Crippen LogP contribution in [0.4, 0.5) is 11.4 Å². The van der Waals surface area contributed by atoms with Gasteiger partial charge in [-0.1, -0.05) is 6.07 Å². The fourth-order valence-electron chi connectivity index (χ4n) is 2.76. The normalized spacial score (nSPS) is 10.8. The van der Waals surface area contributed by atoms with E-state index in [2.05, 4.69) is 5.32 Å². The molecule has 0 fully saturated rings. The Kier molecular flexibility index (Phi) is 9.48. The molecular formula is C22H22N4O8. The van der Waals surface area contributed by atoms with E-state index in [0.717, 1.165) is 18.2 Å². The number of nitro benzene ring substituents is 2. The predicted octanol–water partition coefficient (Wildman–Crippen LogP) is 3.75. The lowest BCUT2D eigenvalue weighted by Crippen LogP contribution is -2.26. The van der Waals surface area contributed by atoms with Gasteiger partial charge in [0.25, 0.3) is 11.6 Å². The minimum Gasteiger partial charge on any atom is -0.490 e. The van der Waals surface area contributed by atoms with Gasteiger partial charge < -0.3 is 19.5 Å². The topological polar surface area (TPSA) is 167 Å². The highest BCUT2D eigenvalue weighted by Crippen LogP contribution is 2.38. The van der Waals surface area contributed by atoms with Gasteiger partial charge >= 0.3 is 5.69 Å². The van der Waals surface area contributed by atoms with Crippen molar-refractivity contribution in [2.45, 2.75) is 13.3 Å². The molecule has 0 saturated heterocycles. The highest BCUT2D eigenvalue weighted by molar-refractivity contribution is 6.01. The van der Waals surface area contributed by atoms with E-state index in [4.69, 9.17) is 14.2 Å². The number of amides is 1. The van der Waals surface area contributed by atoms with Gasteiger partial charge in [-0.2, -0.15) is 5.26 Å². The first-order chi connectivity index (χ1) is 16.3. The molecule has 0 aliphatic heterocycles.